The Morgan fingerprint density at radius 2 is 2.37 bits per heavy atom. The number of thiazole rings is 1. The first kappa shape index (κ1) is 13.1. The summed E-state index contributed by atoms with van der Waals surface area (Å²) in [5, 5.41) is 3.44. The fourth-order valence-electron chi connectivity index (χ4n) is 2.78. The molecule has 104 valence electrons. The lowest BCUT2D eigenvalue weighted by Crippen LogP contribution is -2.42. The number of nitrogens with one attached hydrogen (secondary N) is 1. The maximum absolute atomic E-state index is 12.7. The third kappa shape index (κ3) is 2.98. The molecule has 1 N–H and O–H groups in total. The second kappa shape index (κ2) is 5.59. The zero-order valence-corrected chi connectivity index (χ0v) is 12.2. The Labute approximate surface area is 118 Å². The van der Waals surface area contributed by atoms with E-state index in [0.717, 1.165) is 30.2 Å². The zero-order chi connectivity index (χ0) is 13.2. The summed E-state index contributed by atoms with van der Waals surface area (Å²) in [6.45, 7) is 5.02. The number of nitrogens with zero attached hydrogens (tertiary/aromatic N) is 2. The van der Waals surface area contributed by atoms with E-state index >= 15 is 0 Å². The van der Waals surface area contributed by atoms with Gasteiger partial charge in [0.15, 0.2) is 0 Å². The van der Waals surface area contributed by atoms with Crippen molar-refractivity contribution in [3.8, 4) is 0 Å². The van der Waals surface area contributed by atoms with Crippen molar-refractivity contribution in [2.75, 3.05) is 19.6 Å². The maximum atomic E-state index is 12.7. The van der Waals surface area contributed by atoms with Crippen LogP contribution in [-0.2, 0) is 0 Å². The zero-order valence-electron chi connectivity index (χ0n) is 11.4. The Morgan fingerprint density at radius 3 is 2.95 bits per heavy atom. The van der Waals surface area contributed by atoms with Gasteiger partial charge >= 0.3 is 0 Å². The first-order valence-electron chi connectivity index (χ1n) is 7.17. The van der Waals surface area contributed by atoms with Crippen molar-refractivity contribution in [3.05, 3.63) is 16.1 Å². The number of aromatic nitrogens is 1. The summed E-state index contributed by atoms with van der Waals surface area (Å²) in [5.41, 5.74) is 2.65. The summed E-state index contributed by atoms with van der Waals surface area (Å²) in [7, 11) is 0. The molecule has 1 saturated carbocycles. The van der Waals surface area contributed by atoms with E-state index < -0.39 is 0 Å². The predicted octanol–water partition coefficient (Wildman–Crippen LogP) is 2.06. The molecule has 1 atom stereocenters. The number of carbonyl (C=O) groups is 1. The van der Waals surface area contributed by atoms with Crippen LogP contribution >= 0.6 is 11.3 Å². The molecule has 1 aliphatic heterocycles. The number of aryl methyl sites for hydroxylation is 1. The van der Waals surface area contributed by atoms with E-state index in [2.05, 4.69) is 15.2 Å². The molecule has 2 heterocycles. The second-order valence-electron chi connectivity index (χ2n) is 5.67. The fourth-order valence-corrected chi connectivity index (χ4v) is 3.54. The summed E-state index contributed by atoms with van der Waals surface area (Å²) in [4.78, 5) is 19.8. The highest BCUT2D eigenvalue weighted by Gasteiger charge is 2.35. The SMILES string of the molecule is Cc1ncsc1C(=O)N(CC1CCCNC1)C1CC1. The summed E-state index contributed by atoms with van der Waals surface area (Å²) in [5.74, 6) is 0.819. The molecule has 3 rings (SSSR count). The molecule has 2 aliphatic rings. The van der Waals surface area contributed by atoms with Crippen LogP contribution in [0.4, 0.5) is 0 Å². The summed E-state index contributed by atoms with van der Waals surface area (Å²) < 4.78 is 0. The first-order valence-corrected chi connectivity index (χ1v) is 8.05. The van der Waals surface area contributed by atoms with Crippen molar-refractivity contribution in [2.24, 2.45) is 5.92 Å². The summed E-state index contributed by atoms with van der Waals surface area (Å²) in [6.07, 6.45) is 4.82. The molecular weight excluding hydrogens is 258 g/mol. The van der Waals surface area contributed by atoms with Crippen LogP contribution in [0, 0.1) is 12.8 Å². The number of hydrogen-bond donors (Lipinski definition) is 1. The lowest BCUT2D eigenvalue weighted by molar-refractivity contribution is 0.0708. The normalized spacial score (nSPS) is 23.3. The molecule has 5 heteroatoms. The van der Waals surface area contributed by atoms with Gasteiger partial charge in [-0.1, -0.05) is 0 Å². The number of piperidine rings is 1. The average molecular weight is 279 g/mol. The van der Waals surface area contributed by atoms with Gasteiger partial charge in [-0.3, -0.25) is 4.79 Å². The number of hydrogen-bond acceptors (Lipinski definition) is 4. The second-order valence-corrected chi connectivity index (χ2v) is 6.52. The van der Waals surface area contributed by atoms with E-state index in [0.29, 0.717) is 12.0 Å². The van der Waals surface area contributed by atoms with Gasteiger partial charge in [-0.2, -0.15) is 0 Å². The van der Waals surface area contributed by atoms with Crippen LogP contribution in [0.15, 0.2) is 5.51 Å². The van der Waals surface area contributed by atoms with Crippen molar-refractivity contribution in [2.45, 2.75) is 38.6 Å². The van der Waals surface area contributed by atoms with E-state index in [1.165, 1.54) is 37.0 Å². The van der Waals surface area contributed by atoms with E-state index in [1.807, 2.05) is 6.92 Å². The molecule has 1 aromatic heterocycles. The molecule has 1 amide bonds. The van der Waals surface area contributed by atoms with Gasteiger partial charge in [-0.15, -0.1) is 11.3 Å². The minimum absolute atomic E-state index is 0.202. The van der Waals surface area contributed by atoms with Crippen LogP contribution in [0.25, 0.3) is 0 Å². The third-order valence-corrected chi connectivity index (χ3v) is 4.96. The number of carbonyl (C=O) groups excluding carboxylic acids is 1. The van der Waals surface area contributed by atoms with Gasteiger partial charge in [-0.25, -0.2) is 4.98 Å². The number of amides is 1. The molecule has 1 aromatic rings. The highest BCUT2D eigenvalue weighted by atomic mass is 32.1. The van der Waals surface area contributed by atoms with Gasteiger partial charge in [-0.05, 0) is 51.6 Å². The van der Waals surface area contributed by atoms with Gasteiger partial charge < -0.3 is 10.2 Å². The average Bonchev–Trinajstić information content (AvgIpc) is 3.18. The molecular formula is C14H21N3OS. The molecule has 2 fully saturated rings. The standard InChI is InChI=1S/C14H21N3OS/c1-10-13(19-9-16-10)14(18)17(12-4-5-12)8-11-3-2-6-15-7-11/h9,11-12,15H,2-8H2,1H3. The Hall–Kier alpha value is -0.940. The van der Waals surface area contributed by atoms with Crippen LogP contribution in [0.3, 0.4) is 0 Å². The van der Waals surface area contributed by atoms with E-state index in [9.17, 15) is 4.79 Å². The highest BCUT2D eigenvalue weighted by molar-refractivity contribution is 7.11. The van der Waals surface area contributed by atoms with E-state index in [-0.39, 0.29) is 5.91 Å². The largest absolute Gasteiger partial charge is 0.335 e. The third-order valence-electron chi connectivity index (χ3n) is 4.04. The van der Waals surface area contributed by atoms with Gasteiger partial charge in [0.2, 0.25) is 0 Å². The van der Waals surface area contributed by atoms with Crippen LogP contribution in [0.1, 0.15) is 41.0 Å². The van der Waals surface area contributed by atoms with Crippen molar-refractivity contribution in [3.63, 3.8) is 0 Å². The van der Waals surface area contributed by atoms with Gasteiger partial charge in [0.1, 0.15) is 4.88 Å². The summed E-state index contributed by atoms with van der Waals surface area (Å²) in [6, 6.07) is 0.482. The Kier molecular flexibility index (Phi) is 3.84. The van der Waals surface area contributed by atoms with Gasteiger partial charge in [0.05, 0.1) is 11.2 Å². The maximum Gasteiger partial charge on any atom is 0.266 e. The molecule has 0 aromatic carbocycles. The fraction of sp³-hybridized carbons (Fsp3) is 0.714. The van der Waals surface area contributed by atoms with Gasteiger partial charge in [0.25, 0.3) is 5.91 Å². The molecule has 4 nitrogen and oxygen atoms in total. The molecule has 19 heavy (non-hydrogen) atoms. The molecule has 0 radical (unpaired) electrons. The summed E-state index contributed by atoms with van der Waals surface area (Å²) >= 11 is 1.48. The monoisotopic (exact) mass is 279 g/mol. The molecule has 1 unspecified atom stereocenters. The van der Waals surface area contributed by atoms with Gasteiger partial charge in [0, 0.05) is 12.6 Å². The van der Waals surface area contributed by atoms with Crippen LogP contribution in [-0.4, -0.2) is 41.5 Å². The topological polar surface area (TPSA) is 45.2 Å². The Balaban J connectivity index is 1.70. The molecule has 0 bridgehead atoms. The quantitative estimate of drug-likeness (QED) is 0.917. The first-order chi connectivity index (χ1) is 9.25. The minimum Gasteiger partial charge on any atom is -0.335 e. The predicted molar refractivity (Wildman–Crippen MR) is 76.5 cm³/mol. The smallest absolute Gasteiger partial charge is 0.266 e. The molecule has 1 aliphatic carbocycles. The van der Waals surface area contributed by atoms with Crippen molar-refractivity contribution >= 4 is 17.2 Å². The lowest BCUT2D eigenvalue weighted by atomic mass is 9.99. The van der Waals surface area contributed by atoms with E-state index in [4.69, 9.17) is 0 Å². The van der Waals surface area contributed by atoms with E-state index in [1.54, 1.807) is 5.51 Å². The molecule has 0 spiro atoms. The minimum atomic E-state index is 0.202. The van der Waals surface area contributed by atoms with Crippen molar-refractivity contribution in [1.29, 1.82) is 0 Å². The highest BCUT2D eigenvalue weighted by Crippen LogP contribution is 2.31. The van der Waals surface area contributed by atoms with Crippen LogP contribution in [0.5, 0.6) is 0 Å². The Morgan fingerprint density at radius 1 is 1.53 bits per heavy atom. The molecule has 1 saturated heterocycles. The van der Waals surface area contributed by atoms with Crippen molar-refractivity contribution < 1.29 is 4.79 Å². The number of rotatable bonds is 4. The lowest BCUT2D eigenvalue weighted by Gasteiger charge is -2.30. The van der Waals surface area contributed by atoms with Crippen LogP contribution in [0.2, 0.25) is 0 Å². The Bertz CT molecular complexity index is 449. The van der Waals surface area contributed by atoms with Crippen molar-refractivity contribution in [1.82, 2.24) is 15.2 Å². The van der Waals surface area contributed by atoms with Crippen LogP contribution < -0.4 is 5.32 Å².